The number of hydrogen-bond acceptors (Lipinski definition) is 3. The molecule has 0 aliphatic carbocycles. The highest BCUT2D eigenvalue weighted by molar-refractivity contribution is 7.74. The van der Waals surface area contributed by atoms with E-state index in [4.69, 9.17) is 0 Å². The van der Waals surface area contributed by atoms with Crippen molar-refractivity contribution < 1.29 is 8.42 Å². The Morgan fingerprint density at radius 3 is 2.86 bits per heavy atom. The summed E-state index contributed by atoms with van der Waals surface area (Å²) >= 11 is 0. The number of thiol groups is 1. The summed E-state index contributed by atoms with van der Waals surface area (Å²) < 4.78 is 23.2. The summed E-state index contributed by atoms with van der Waals surface area (Å²) in [5.74, 6) is 0. The molecule has 1 aliphatic rings. The van der Waals surface area contributed by atoms with Crippen molar-refractivity contribution >= 4 is 22.3 Å². The Morgan fingerprint density at radius 2 is 2.21 bits per heavy atom. The van der Waals surface area contributed by atoms with Gasteiger partial charge in [0.2, 0.25) is 10.9 Å². The topological polar surface area (TPSA) is 49.4 Å². The normalized spacial score (nSPS) is 14.6. The number of anilines is 2. The lowest BCUT2D eigenvalue weighted by molar-refractivity contribution is 0.611. The predicted molar refractivity (Wildman–Crippen MR) is 57.4 cm³/mol. The largest absolute Gasteiger partial charge is 0.388 e. The number of nitrogens with one attached hydrogen (secondary N) is 1. The van der Waals surface area contributed by atoms with Crippen molar-refractivity contribution in [2.45, 2.75) is 6.42 Å². The summed E-state index contributed by atoms with van der Waals surface area (Å²) in [7, 11) is -0.639. The lowest BCUT2D eigenvalue weighted by atomic mass is 10.1. The van der Waals surface area contributed by atoms with E-state index >= 15 is 0 Å². The molecule has 14 heavy (non-hydrogen) atoms. The minimum atomic E-state index is -2.49. The number of fused-ring (bicyclic) bond motifs is 1. The first-order chi connectivity index (χ1) is 6.72. The number of hydrogen-bond donors (Lipinski definition) is 2. The quantitative estimate of drug-likeness (QED) is 0.706. The number of benzene rings is 1. The molecule has 1 heterocycles. The Hall–Kier alpha value is -1.23. The zero-order valence-electron chi connectivity index (χ0n) is 7.86. The lowest BCUT2D eigenvalue weighted by Gasteiger charge is -2.10. The zero-order chi connectivity index (χ0) is 10.1. The first kappa shape index (κ1) is 9.33. The summed E-state index contributed by atoms with van der Waals surface area (Å²) in [6.45, 7) is 0.571. The fourth-order valence-electron chi connectivity index (χ4n) is 1.71. The molecule has 2 rings (SSSR count). The Kier molecular flexibility index (Phi) is 2.33. The van der Waals surface area contributed by atoms with E-state index in [9.17, 15) is 8.42 Å². The van der Waals surface area contributed by atoms with E-state index in [0.717, 1.165) is 23.4 Å². The minimum Gasteiger partial charge on any atom is -0.388 e. The van der Waals surface area contributed by atoms with Crippen LogP contribution in [0, 0.1) is 0 Å². The second-order valence-corrected chi connectivity index (χ2v) is 4.16. The van der Waals surface area contributed by atoms with Crippen molar-refractivity contribution in [3.8, 4) is 0 Å². The first-order valence-electron chi connectivity index (χ1n) is 4.45. The van der Waals surface area contributed by atoms with E-state index in [0.29, 0.717) is 6.54 Å². The van der Waals surface area contributed by atoms with Crippen LogP contribution in [0.3, 0.4) is 0 Å². The van der Waals surface area contributed by atoms with Crippen LogP contribution in [0.25, 0.3) is 0 Å². The Morgan fingerprint density at radius 1 is 1.43 bits per heavy atom. The van der Waals surface area contributed by atoms with Crippen molar-refractivity contribution in [1.29, 1.82) is 0 Å². The average molecular weight is 212 g/mol. The molecule has 0 bridgehead atoms. The standard InChI is InChI=1S/C9H12N2O2S/c1-10-8-2-3-9-7(6-8)4-5-11(9)14(12)13/h2-3,6,10,14H,4-5H2,1H3. The van der Waals surface area contributed by atoms with Crippen LogP contribution in [-0.2, 0) is 17.3 Å². The fraction of sp³-hybridized carbons (Fsp3) is 0.333. The number of rotatable bonds is 2. The minimum absolute atomic E-state index is 0.571. The SMILES string of the molecule is CNc1ccc2c(c1)CCN2[SH](=O)=O. The summed E-state index contributed by atoms with van der Waals surface area (Å²) in [5, 5.41) is 3.03. The van der Waals surface area contributed by atoms with Gasteiger partial charge < -0.3 is 5.32 Å². The summed E-state index contributed by atoms with van der Waals surface area (Å²) in [4.78, 5) is 0. The van der Waals surface area contributed by atoms with Crippen molar-refractivity contribution in [2.24, 2.45) is 0 Å². The molecular weight excluding hydrogens is 200 g/mol. The molecule has 1 N–H and O–H groups in total. The van der Waals surface area contributed by atoms with Crippen LogP contribution in [0.4, 0.5) is 11.4 Å². The molecule has 5 heteroatoms. The van der Waals surface area contributed by atoms with Gasteiger partial charge >= 0.3 is 0 Å². The Labute approximate surface area is 84.6 Å². The van der Waals surface area contributed by atoms with Gasteiger partial charge in [0.25, 0.3) is 0 Å². The Bertz CT molecular complexity index is 421. The third kappa shape index (κ3) is 1.43. The molecule has 0 radical (unpaired) electrons. The molecule has 0 amide bonds. The van der Waals surface area contributed by atoms with Gasteiger partial charge in [0.1, 0.15) is 0 Å². The molecule has 0 saturated carbocycles. The molecule has 0 aromatic heterocycles. The molecule has 1 aromatic rings. The average Bonchev–Trinajstić information content (AvgIpc) is 2.59. The van der Waals surface area contributed by atoms with Crippen LogP contribution >= 0.6 is 0 Å². The van der Waals surface area contributed by atoms with Gasteiger partial charge in [0.05, 0.1) is 5.69 Å². The molecule has 4 nitrogen and oxygen atoms in total. The van der Waals surface area contributed by atoms with E-state index in [2.05, 4.69) is 5.32 Å². The molecule has 0 saturated heterocycles. The van der Waals surface area contributed by atoms with E-state index in [1.165, 1.54) is 4.31 Å². The van der Waals surface area contributed by atoms with Gasteiger partial charge in [0.15, 0.2) is 0 Å². The van der Waals surface area contributed by atoms with Gasteiger partial charge in [-0.3, -0.25) is 4.31 Å². The molecule has 0 spiro atoms. The van der Waals surface area contributed by atoms with Crippen LogP contribution < -0.4 is 9.62 Å². The van der Waals surface area contributed by atoms with Gasteiger partial charge in [0, 0.05) is 19.3 Å². The van der Waals surface area contributed by atoms with Crippen molar-refractivity contribution in [1.82, 2.24) is 0 Å². The van der Waals surface area contributed by atoms with Crippen LogP contribution in [0.15, 0.2) is 18.2 Å². The summed E-state index contributed by atoms with van der Waals surface area (Å²) in [5.41, 5.74) is 2.93. The van der Waals surface area contributed by atoms with E-state index < -0.39 is 10.9 Å². The number of nitrogens with zero attached hydrogens (tertiary/aromatic N) is 1. The fourth-order valence-corrected chi connectivity index (χ4v) is 2.34. The smallest absolute Gasteiger partial charge is 0.225 e. The van der Waals surface area contributed by atoms with Gasteiger partial charge in [-0.25, -0.2) is 8.42 Å². The van der Waals surface area contributed by atoms with Crippen LogP contribution in [0.2, 0.25) is 0 Å². The maximum atomic E-state index is 10.9. The van der Waals surface area contributed by atoms with E-state index in [-0.39, 0.29) is 0 Å². The van der Waals surface area contributed by atoms with Gasteiger partial charge in [-0.1, -0.05) is 0 Å². The Balaban J connectivity index is 2.43. The second kappa shape index (κ2) is 3.49. The molecule has 76 valence electrons. The first-order valence-corrected chi connectivity index (χ1v) is 5.58. The zero-order valence-corrected chi connectivity index (χ0v) is 8.75. The maximum absolute atomic E-state index is 10.9. The van der Waals surface area contributed by atoms with E-state index in [1.54, 1.807) is 0 Å². The molecule has 1 aromatic carbocycles. The van der Waals surface area contributed by atoms with Crippen molar-refractivity contribution in [3.05, 3.63) is 23.8 Å². The van der Waals surface area contributed by atoms with Crippen molar-refractivity contribution in [3.63, 3.8) is 0 Å². The summed E-state index contributed by atoms with van der Waals surface area (Å²) in [6.07, 6.45) is 0.800. The monoisotopic (exact) mass is 212 g/mol. The molecule has 0 unspecified atom stereocenters. The molecule has 0 atom stereocenters. The van der Waals surface area contributed by atoms with Gasteiger partial charge in [-0.15, -0.1) is 0 Å². The molecule has 1 aliphatic heterocycles. The highest BCUT2D eigenvalue weighted by Gasteiger charge is 2.20. The molecular formula is C9H12N2O2S. The maximum Gasteiger partial charge on any atom is 0.225 e. The highest BCUT2D eigenvalue weighted by atomic mass is 32.2. The third-order valence-electron chi connectivity index (χ3n) is 2.44. The van der Waals surface area contributed by atoms with Gasteiger partial charge in [-0.2, -0.15) is 0 Å². The van der Waals surface area contributed by atoms with Crippen LogP contribution in [0.1, 0.15) is 5.56 Å². The van der Waals surface area contributed by atoms with Gasteiger partial charge in [-0.05, 0) is 30.2 Å². The summed E-state index contributed by atoms with van der Waals surface area (Å²) in [6, 6.07) is 5.73. The molecule has 0 fully saturated rings. The predicted octanol–water partition coefficient (Wildman–Crippen LogP) is 0.617. The second-order valence-electron chi connectivity index (χ2n) is 3.20. The third-order valence-corrected chi connectivity index (χ3v) is 3.25. The van der Waals surface area contributed by atoms with Crippen LogP contribution in [0.5, 0.6) is 0 Å². The van der Waals surface area contributed by atoms with E-state index in [1.807, 2.05) is 25.2 Å². The highest BCUT2D eigenvalue weighted by Crippen LogP contribution is 2.30. The van der Waals surface area contributed by atoms with Crippen molar-refractivity contribution in [2.75, 3.05) is 23.2 Å². The lowest BCUT2D eigenvalue weighted by Crippen LogP contribution is -2.17. The van der Waals surface area contributed by atoms with Crippen LogP contribution in [-0.4, -0.2) is 22.0 Å².